The minimum Gasteiger partial charge on any atom is -0.391 e. The smallest absolute Gasteiger partial charge is 0.240 e. The first kappa shape index (κ1) is 16.8. The molecule has 1 heterocycles. The van der Waals surface area contributed by atoms with Crippen LogP contribution in [-0.2, 0) is 17.8 Å². The molecule has 0 spiro atoms. The molecule has 134 valence electrons. The van der Waals surface area contributed by atoms with Gasteiger partial charge in [0.15, 0.2) is 0 Å². The fourth-order valence-electron chi connectivity index (χ4n) is 3.30. The van der Waals surface area contributed by atoms with Crippen molar-refractivity contribution in [3.05, 3.63) is 66.0 Å². The van der Waals surface area contributed by atoms with Gasteiger partial charge in [0.25, 0.3) is 0 Å². The van der Waals surface area contributed by atoms with Gasteiger partial charge in [0.2, 0.25) is 5.91 Å². The summed E-state index contributed by atoms with van der Waals surface area (Å²) < 4.78 is 2.02. The Kier molecular flexibility index (Phi) is 4.71. The topological polar surface area (TPSA) is 67.2 Å². The number of benzene rings is 2. The maximum absolute atomic E-state index is 12.4. The molecule has 2 aromatic carbocycles. The first-order valence-corrected chi connectivity index (χ1v) is 9.14. The lowest BCUT2D eigenvalue weighted by Gasteiger charge is -2.13. The number of para-hydroxylation sites is 2. The number of imidazole rings is 1. The van der Waals surface area contributed by atoms with E-state index >= 15 is 0 Å². The largest absolute Gasteiger partial charge is 0.391 e. The van der Waals surface area contributed by atoms with E-state index in [1.54, 1.807) is 0 Å². The second kappa shape index (κ2) is 7.30. The van der Waals surface area contributed by atoms with Crippen molar-refractivity contribution in [2.45, 2.75) is 37.8 Å². The molecule has 1 aliphatic carbocycles. The van der Waals surface area contributed by atoms with Crippen molar-refractivity contribution in [2.75, 3.05) is 6.54 Å². The molecule has 1 aromatic heterocycles. The predicted octanol–water partition coefficient (Wildman–Crippen LogP) is 2.63. The molecule has 1 fully saturated rings. The zero-order valence-electron chi connectivity index (χ0n) is 14.6. The van der Waals surface area contributed by atoms with Crippen molar-refractivity contribution in [2.24, 2.45) is 0 Å². The van der Waals surface area contributed by atoms with E-state index in [-0.39, 0.29) is 19.0 Å². The fraction of sp³-hybridized carbons (Fsp3) is 0.333. The molecular weight excluding hydrogens is 326 g/mol. The minimum absolute atomic E-state index is 0.0952. The van der Waals surface area contributed by atoms with Gasteiger partial charge >= 0.3 is 0 Å². The van der Waals surface area contributed by atoms with Crippen LogP contribution in [0.3, 0.4) is 0 Å². The lowest BCUT2D eigenvalue weighted by molar-refractivity contribution is -0.122. The summed E-state index contributed by atoms with van der Waals surface area (Å²) in [5, 5.41) is 13.0. The quantitative estimate of drug-likeness (QED) is 0.689. The molecule has 2 N–H and O–H groups in total. The van der Waals surface area contributed by atoms with Crippen LogP contribution in [0.2, 0.25) is 0 Å². The summed E-state index contributed by atoms with van der Waals surface area (Å²) in [6.45, 7) is 0.490. The van der Waals surface area contributed by atoms with Gasteiger partial charge in [-0.1, -0.05) is 42.5 Å². The van der Waals surface area contributed by atoms with E-state index in [9.17, 15) is 9.90 Å². The number of hydrogen-bond donors (Lipinski definition) is 2. The van der Waals surface area contributed by atoms with E-state index < -0.39 is 6.10 Å². The summed E-state index contributed by atoms with van der Waals surface area (Å²) in [7, 11) is 0. The summed E-state index contributed by atoms with van der Waals surface area (Å²) in [6, 6.07) is 17.7. The molecule has 1 aliphatic rings. The van der Waals surface area contributed by atoms with Crippen molar-refractivity contribution in [3.8, 4) is 0 Å². The summed E-state index contributed by atoms with van der Waals surface area (Å²) in [5.41, 5.74) is 2.99. The molecule has 0 radical (unpaired) electrons. The maximum Gasteiger partial charge on any atom is 0.240 e. The van der Waals surface area contributed by atoms with E-state index in [1.165, 1.54) is 0 Å². The Hall–Kier alpha value is -2.66. The first-order valence-electron chi connectivity index (χ1n) is 9.14. The minimum atomic E-state index is -0.594. The highest BCUT2D eigenvalue weighted by atomic mass is 16.3. The number of aliphatic hydroxyl groups excluding tert-OH is 1. The molecule has 1 atom stereocenters. The van der Waals surface area contributed by atoms with Gasteiger partial charge in [-0.2, -0.15) is 0 Å². The van der Waals surface area contributed by atoms with Crippen LogP contribution in [0.25, 0.3) is 11.0 Å². The average molecular weight is 349 g/mol. The Morgan fingerprint density at radius 1 is 1.15 bits per heavy atom. The molecule has 1 unspecified atom stereocenters. The van der Waals surface area contributed by atoms with Crippen LogP contribution in [0.4, 0.5) is 0 Å². The molecule has 3 aromatic rings. The Bertz CT molecular complexity index is 900. The lowest BCUT2D eigenvalue weighted by atomic mass is 10.1. The predicted molar refractivity (Wildman–Crippen MR) is 101 cm³/mol. The molecule has 26 heavy (non-hydrogen) atoms. The number of carbonyl (C=O) groups is 1. The standard InChI is InChI=1S/C21H23N3O2/c25-17(12-15-6-2-1-3-7-15)13-22-20(26)14-24-19-9-5-4-8-18(19)23-21(24)16-10-11-16/h1-9,16-17,25H,10-14H2,(H,22,26). The van der Waals surface area contributed by atoms with Crippen LogP contribution in [0.5, 0.6) is 0 Å². The van der Waals surface area contributed by atoms with Crippen LogP contribution in [-0.4, -0.2) is 33.2 Å². The third-order valence-corrected chi connectivity index (χ3v) is 4.78. The Morgan fingerprint density at radius 3 is 2.65 bits per heavy atom. The van der Waals surface area contributed by atoms with E-state index in [0.29, 0.717) is 12.3 Å². The number of amides is 1. The van der Waals surface area contributed by atoms with Crippen LogP contribution in [0.15, 0.2) is 54.6 Å². The average Bonchev–Trinajstić information content (AvgIpc) is 3.44. The number of rotatable bonds is 7. The number of fused-ring (bicyclic) bond motifs is 1. The fourth-order valence-corrected chi connectivity index (χ4v) is 3.30. The Balaban J connectivity index is 1.39. The summed E-state index contributed by atoms with van der Waals surface area (Å²) >= 11 is 0. The van der Waals surface area contributed by atoms with Gasteiger partial charge in [-0.05, 0) is 30.5 Å². The second-order valence-electron chi connectivity index (χ2n) is 6.97. The molecule has 0 aliphatic heterocycles. The van der Waals surface area contributed by atoms with E-state index in [4.69, 9.17) is 4.98 Å². The monoisotopic (exact) mass is 349 g/mol. The summed E-state index contributed by atoms with van der Waals surface area (Å²) in [4.78, 5) is 17.1. The molecule has 4 rings (SSSR count). The number of nitrogens with zero attached hydrogens (tertiary/aromatic N) is 2. The third-order valence-electron chi connectivity index (χ3n) is 4.78. The van der Waals surface area contributed by atoms with Crippen LogP contribution in [0.1, 0.15) is 30.1 Å². The molecule has 5 nitrogen and oxygen atoms in total. The lowest BCUT2D eigenvalue weighted by Crippen LogP contribution is -2.35. The molecule has 5 heteroatoms. The van der Waals surface area contributed by atoms with Crippen molar-refractivity contribution in [1.82, 2.24) is 14.9 Å². The Morgan fingerprint density at radius 2 is 1.88 bits per heavy atom. The van der Waals surface area contributed by atoms with Gasteiger partial charge in [-0.25, -0.2) is 4.98 Å². The summed E-state index contributed by atoms with van der Waals surface area (Å²) in [6.07, 6.45) is 2.22. The molecule has 0 bridgehead atoms. The van der Waals surface area contributed by atoms with Crippen molar-refractivity contribution in [3.63, 3.8) is 0 Å². The highest BCUT2D eigenvalue weighted by Crippen LogP contribution is 2.40. The number of aliphatic hydroxyl groups is 1. The van der Waals surface area contributed by atoms with Crippen molar-refractivity contribution >= 4 is 16.9 Å². The Labute approximate surface area is 152 Å². The van der Waals surface area contributed by atoms with Crippen LogP contribution in [0, 0.1) is 0 Å². The molecule has 1 amide bonds. The van der Waals surface area contributed by atoms with E-state index in [2.05, 4.69) is 5.32 Å². The zero-order chi connectivity index (χ0) is 17.9. The van der Waals surface area contributed by atoms with Gasteiger partial charge in [-0.15, -0.1) is 0 Å². The highest BCUT2D eigenvalue weighted by Gasteiger charge is 2.30. The SMILES string of the molecule is O=C(Cn1c(C2CC2)nc2ccccc21)NCC(O)Cc1ccccc1. The van der Waals surface area contributed by atoms with Gasteiger partial charge in [0.1, 0.15) is 12.4 Å². The number of aromatic nitrogens is 2. The number of hydrogen-bond acceptors (Lipinski definition) is 3. The normalized spacial score (nSPS) is 15.1. The van der Waals surface area contributed by atoms with E-state index in [1.807, 2.05) is 59.2 Å². The first-order chi connectivity index (χ1) is 12.7. The van der Waals surface area contributed by atoms with Crippen molar-refractivity contribution in [1.29, 1.82) is 0 Å². The zero-order valence-corrected chi connectivity index (χ0v) is 14.6. The molecular formula is C21H23N3O2. The third kappa shape index (κ3) is 3.78. The van der Waals surface area contributed by atoms with Gasteiger partial charge in [0.05, 0.1) is 17.1 Å². The second-order valence-corrected chi connectivity index (χ2v) is 6.97. The van der Waals surface area contributed by atoms with Gasteiger partial charge in [-0.3, -0.25) is 4.79 Å². The number of nitrogens with one attached hydrogen (secondary N) is 1. The highest BCUT2D eigenvalue weighted by molar-refractivity contribution is 5.81. The van der Waals surface area contributed by atoms with Crippen molar-refractivity contribution < 1.29 is 9.90 Å². The maximum atomic E-state index is 12.4. The van der Waals surface area contributed by atoms with Gasteiger partial charge < -0.3 is 15.0 Å². The molecule has 1 saturated carbocycles. The number of carbonyl (C=O) groups excluding carboxylic acids is 1. The van der Waals surface area contributed by atoms with Crippen LogP contribution < -0.4 is 5.32 Å². The van der Waals surface area contributed by atoms with Crippen LogP contribution >= 0.6 is 0 Å². The van der Waals surface area contributed by atoms with Gasteiger partial charge in [0, 0.05) is 18.9 Å². The van der Waals surface area contributed by atoms with E-state index in [0.717, 1.165) is 35.3 Å². The molecule has 0 saturated heterocycles. The summed E-state index contributed by atoms with van der Waals surface area (Å²) in [5.74, 6) is 1.38.